The van der Waals surface area contributed by atoms with Crippen molar-refractivity contribution in [3.8, 4) is 0 Å². The van der Waals surface area contributed by atoms with E-state index >= 15 is 0 Å². The Morgan fingerprint density at radius 2 is 1.47 bits per heavy atom. The van der Waals surface area contributed by atoms with E-state index in [-0.39, 0.29) is 27.9 Å². The fourth-order valence-electron chi connectivity index (χ4n) is 5.94. The molecule has 0 radical (unpaired) electrons. The van der Waals surface area contributed by atoms with E-state index in [4.69, 9.17) is 14.2 Å². The Kier molecular flexibility index (Phi) is 10.5. The predicted octanol–water partition coefficient (Wildman–Crippen LogP) is 5.26. The number of esters is 2. The fraction of sp³-hybridized carbons (Fsp3) is 0.500. The molecule has 0 N–H and O–H groups in total. The lowest BCUT2D eigenvalue weighted by molar-refractivity contribution is -0.179. The van der Waals surface area contributed by atoms with E-state index in [2.05, 4.69) is 20.8 Å². The van der Waals surface area contributed by atoms with E-state index in [1.165, 1.54) is 54.6 Å². The summed E-state index contributed by atoms with van der Waals surface area (Å²) in [5.41, 5.74) is -0.00174. The molecule has 11 heteroatoms. The van der Waals surface area contributed by atoms with Gasteiger partial charge >= 0.3 is 11.9 Å². The second-order valence-electron chi connectivity index (χ2n) is 11.7. The number of hydrogen-bond donors (Lipinski definition) is 0. The second kappa shape index (κ2) is 13.7. The Balaban J connectivity index is 1.62. The summed E-state index contributed by atoms with van der Waals surface area (Å²) in [6.45, 7) is 7.60. The van der Waals surface area contributed by atoms with Crippen LogP contribution in [-0.4, -0.2) is 51.9 Å². The molecule has 1 aliphatic carbocycles. The number of cyclic esters (lactones) is 1. The van der Waals surface area contributed by atoms with Gasteiger partial charge in [-0.05, 0) is 73.8 Å². The van der Waals surface area contributed by atoms with Gasteiger partial charge in [-0.25, -0.2) is 21.6 Å². The van der Waals surface area contributed by atoms with Crippen molar-refractivity contribution < 1.29 is 40.6 Å². The van der Waals surface area contributed by atoms with Crippen molar-refractivity contribution in [2.24, 2.45) is 17.8 Å². The summed E-state index contributed by atoms with van der Waals surface area (Å²) in [5.74, 6) is -0.331. The van der Waals surface area contributed by atoms with Crippen molar-refractivity contribution in [3.63, 3.8) is 0 Å². The standard InChI is InChI=1S/C32H40O9S2/c1-21(2)26-16-15-22(3)19-29(26)40-30-20-27(32(34)41-30)28(39-23(4)33)17-18-31(42(35,36)24-11-7-5-8-12-24)43(37,38)25-13-9-6-10-14-25/h5-14,20-22,26,28-31H,15-19H2,1-4H3/t22-,26+,28+,29-,30-/m1/s1. The molecule has 0 amide bonds. The monoisotopic (exact) mass is 632 g/mol. The molecule has 2 aliphatic rings. The number of hydrogen-bond acceptors (Lipinski definition) is 9. The normalized spacial score (nSPS) is 23.6. The van der Waals surface area contributed by atoms with Crippen LogP contribution in [0.4, 0.5) is 0 Å². The van der Waals surface area contributed by atoms with Gasteiger partial charge in [-0.15, -0.1) is 0 Å². The molecule has 0 saturated heterocycles. The molecule has 1 heterocycles. The first-order chi connectivity index (χ1) is 20.3. The van der Waals surface area contributed by atoms with Gasteiger partial charge in [0.2, 0.25) is 6.29 Å². The van der Waals surface area contributed by atoms with Crippen LogP contribution in [0.1, 0.15) is 59.8 Å². The summed E-state index contributed by atoms with van der Waals surface area (Å²) in [6.07, 6.45) is 1.33. The average molecular weight is 633 g/mol. The van der Waals surface area contributed by atoms with Gasteiger partial charge in [0.25, 0.3) is 0 Å². The van der Waals surface area contributed by atoms with Gasteiger partial charge in [-0.1, -0.05) is 63.6 Å². The maximum atomic E-state index is 13.7. The van der Waals surface area contributed by atoms with E-state index in [0.717, 1.165) is 26.2 Å². The molecule has 5 atom stereocenters. The fourth-order valence-corrected chi connectivity index (χ4v) is 10.5. The van der Waals surface area contributed by atoms with Crippen LogP contribution in [0.5, 0.6) is 0 Å². The number of carbonyl (C=O) groups excluding carboxylic acids is 2. The molecule has 43 heavy (non-hydrogen) atoms. The zero-order chi connectivity index (χ0) is 31.4. The third-order valence-electron chi connectivity index (χ3n) is 8.20. The highest BCUT2D eigenvalue weighted by atomic mass is 32.3. The lowest BCUT2D eigenvalue weighted by Gasteiger charge is -2.37. The lowest BCUT2D eigenvalue weighted by Crippen LogP contribution is -2.36. The minimum atomic E-state index is -4.41. The van der Waals surface area contributed by atoms with Gasteiger partial charge in [-0.2, -0.15) is 0 Å². The molecule has 234 valence electrons. The van der Waals surface area contributed by atoms with E-state index < -0.39 is 55.0 Å². The minimum Gasteiger partial charge on any atom is -0.457 e. The zero-order valence-corrected chi connectivity index (χ0v) is 26.6. The van der Waals surface area contributed by atoms with Gasteiger partial charge in [0.05, 0.1) is 21.5 Å². The first kappa shape index (κ1) is 32.9. The van der Waals surface area contributed by atoms with Gasteiger partial charge in [-0.3, -0.25) is 4.79 Å². The number of sulfone groups is 2. The van der Waals surface area contributed by atoms with Gasteiger partial charge in [0.1, 0.15) is 6.10 Å². The summed E-state index contributed by atoms with van der Waals surface area (Å²) >= 11 is 0. The summed E-state index contributed by atoms with van der Waals surface area (Å²) in [5, 5.41) is 0. The van der Waals surface area contributed by atoms with Crippen LogP contribution in [0.15, 0.2) is 82.1 Å². The van der Waals surface area contributed by atoms with Crippen molar-refractivity contribution in [3.05, 3.63) is 72.3 Å². The number of ether oxygens (including phenoxy) is 3. The summed E-state index contributed by atoms with van der Waals surface area (Å²) < 4.78 is 70.3. The van der Waals surface area contributed by atoms with E-state index in [0.29, 0.717) is 17.8 Å². The van der Waals surface area contributed by atoms with Crippen molar-refractivity contribution in [2.75, 3.05) is 0 Å². The van der Waals surface area contributed by atoms with Gasteiger partial charge in [0.15, 0.2) is 24.3 Å². The first-order valence-electron chi connectivity index (χ1n) is 14.6. The molecule has 1 saturated carbocycles. The molecule has 1 aliphatic heterocycles. The van der Waals surface area contributed by atoms with Crippen LogP contribution in [0.3, 0.4) is 0 Å². The van der Waals surface area contributed by atoms with Gasteiger partial charge < -0.3 is 14.2 Å². The summed E-state index contributed by atoms with van der Waals surface area (Å²) in [4.78, 5) is 24.8. The minimum absolute atomic E-state index is 0.00174. The Morgan fingerprint density at radius 1 is 0.907 bits per heavy atom. The van der Waals surface area contributed by atoms with Crippen LogP contribution in [-0.2, 0) is 43.5 Å². The maximum absolute atomic E-state index is 13.7. The van der Waals surface area contributed by atoms with Crippen LogP contribution in [0.25, 0.3) is 0 Å². The summed E-state index contributed by atoms with van der Waals surface area (Å²) in [6, 6.07) is 14.6. The average Bonchev–Trinajstić information content (AvgIpc) is 3.32. The van der Waals surface area contributed by atoms with Crippen molar-refractivity contribution >= 4 is 31.6 Å². The number of rotatable bonds is 12. The van der Waals surface area contributed by atoms with E-state index in [9.17, 15) is 26.4 Å². The topological polar surface area (TPSA) is 130 Å². The molecule has 2 aromatic rings. The molecule has 0 unspecified atom stereocenters. The van der Waals surface area contributed by atoms with E-state index in [1.54, 1.807) is 12.1 Å². The Morgan fingerprint density at radius 3 is 1.98 bits per heavy atom. The number of benzene rings is 2. The van der Waals surface area contributed by atoms with Crippen LogP contribution < -0.4 is 0 Å². The molecule has 0 aromatic heterocycles. The zero-order valence-electron chi connectivity index (χ0n) is 24.9. The maximum Gasteiger partial charge on any atom is 0.340 e. The quantitative estimate of drug-likeness (QED) is 0.288. The molecular formula is C32H40O9S2. The molecule has 1 fully saturated rings. The van der Waals surface area contributed by atoms with E-state index in [1.807, 2.05) is 0 Å². The van der Waals surface area contributed by atoms with Crippen LogP contribution in [0.2, 0.25) is 0 Å². The summed E-state index contributed by atoms with van der Waals surface area (Å²) in [7, 11) is -8.81. The largest absolute Gasteiger partial charge is 0.457 e. The number of carbonyl (C=O) groups is 2. The highest BCUT2D eigenvalue weighted by molar-refractivity contribution is 8.09. The Bertz CT molecular complexity index is 1450. The van der Waals surface area contributed by atoms with Crippen molar-refractivity contribution in [1.82, 2.24) is 0 Å². The highest BCUT2D eigenvalue weighted by Crippen LogP contribution is 2.37. The lowest BCUT2D eigenvalue weighted by atomic mass is 9.75. The molecule has 9 nitrogen and oxygen atoms in total. The molecule has 4 rings (SSSR count). The molecule has 0 bridgehead atoms. The third-order valence-corrected chi connectivity index (χ3v) is 13.4. The molecule has 2 aromatic carbocycles. The molecule has 0 spiro atoms. The SMILES string of the molecule is CC(=O)O[C@@H](CCC(S(=O)(=O)c1ccccc1)S(=O)(=O)c1ccccc1)C1=C[C@H](O[C@@H]2C[C@H](C)CC[C@H]2C(C)C)OC1=O. The van der Waals surface area contributed by atoms with Crippen LogP contribution in [0, 0.1) is 17.8 Å². The smallest absolute Gasteiger partial charge is 0.340 e. The third kappa shape index (κ3) is 7.74. The van der Waals surface area contributed by atoms with Crippen molar-refractivity contribution in [2.45, 2.75) is 92.7 Å². The molecular weight excluding hydrogens is 592 g/mol. The predicted molar refractivity (Wildman–Crippen MR) is 160 cm³/mol. The van der Waals surface area contributed by atoms with Gasteiger partial charge in [0, 0.05) is 6.92 Å². The van der Waals surface area contributed by atoms with Crippen molar-refractivity contribution in [1.29, 1.82) is 0 Å². The first-order valence-corrected chi connectivity index (χ1v) is 17.7. The van der Waals surface area contributed by atoms with Crippen LogP contribution >= 0.6 is 0 Å². The highest BCUT2D eigenvalue weighted by Gasteiger charge is 2.43. The Hall–Kier alpha value is -3.02. The second-order valence-corrected chi connectivity index (χ2v) is 16.3. The Labute approximate surface area is 254 Å².